The summed E-state index contributed by atoms with van der Waals surface area (Å²) in [5.74, 6) is 1.52. The Morgan fingerprint density at radius 1 is 1.14 bits per heavy atom. The van der Waals surface area contributed by atoms with E-state index in [1.54, 1.807) is 6.07 Å². The molecule has 196 valence electrons. The fourth-order valence-electron chi connectivity index (χ4n) is 3.71. The summed E-state index contributed by atoms with van der Waals surface area (Å²) in [5.41, 5.74) is 2.70. The lowest BCUT2D eigenvalue weighted by Crippen LogP contribution is -2.26. The molecule has 0 unspecified atom stereocenters. The first-order chi connectivity index (χ1) is 16.7. The number of aliphatic hydroxyl groups excluding tert-OH is 1. The van der Waals surface area contributed by atoms with Crippen molar-refractivity contribution in [3.05, 3.63) is 46.6 Å². The number of fused-ring (bicyclic) bond motifs is 1. The first kappa shape index (κ1) is 27.7. The number of ether oxygens (including phenoxy) is 2. The predicted octanol–water partition coefficient (Wildman–Crippen LogP) is 3.86. The van der Waals surface area contributed by atoms with Crippen molar-refractivity contribution in [2.24, 2.45) is 5.92 Å². The van der Waals surface area contributed by atoms with Crippen LogP contribution in [0.4, 0.5) is 0 Å². The first-order valence-corrected chi connectivity index (χ1v) is 12.2. The second-order valence-corrected chi connectivity index (χ2v) is 10.3. The molecule has 0 radical (unpaired) electrons. The first-order valence-electron chi connectivity index (χ1n) is 12.2. The van der Waals surface area contributed by atoms with Gasteiger partial charge < -0.3 is 14.6 Å². The van der Waals surface area contributed by atoms with E-state index in [9.17, 15) is 4.79 Å². The molecule has 1 aromatic carbocycles. The molecule has 0 saturated heterocycles. The second-order valence-electron chi connectivity index (χ2n) is 10.3. The van der Waals surface area contributed by atoms with E-state index in [1.807, 2.05) is 25.1 Å². The normalized spacial score (nSPS) is 13.5. The van der Waals surface area contributed by atoms with Crippen molar-refractivity contribution >= 4 is 23.8 Å². The lowest BCUT2D eigenvalue weighted by Gasteiger charge is -2.21. The average molecular weight is 518 g/mol. The van der Waals surface area contributed by atoms with Gasteiger partial charge in [0.25, 0.3) is 0 Å². The van der Waals surface area contributed by atoms with Crippen LogP contribution in [0.15, 0.2) is 24.3 Å². The number of hydrogen-bond donors (Lipinski definition) is 2. The molecule has 0 amide bonds. The van der Waals surface area contributed by atoms with E-state index < -0.39 is 0 Å². The van der Waals surface area contributed by atoms with Crippen LogP contribution in [0.1, 0.15) is 67.9 Å². The molecule has 2 aromatic heterocycles. The molecule has 1 fully saturated rings. The number of aromatic nitrogens is 4. The van der Waals surface area contributed by atoms with Gasteiger partial charge in [0.15, 0.2) is 11.4 Å². The SMILES string of the molecule is Cc1cc(OCC2CC2)nn2c(=N)n(CC(=O)c3cc(OCCCCO)cc(C(C)(C)C)c3)nc12.Cl. The number of aliphatic hydroxyl groups is 1. The number of rotatable bonds is 11. The van der Waals surface area contributed by atoms with Gasteiger partial charge >= 0.3 is 0 Å². The van der Waals surface area contributed by atoms with Gasteiger partial charge in [-0.15, -0.1) is 22.6 Å². The zero-order valence-corrected chi connectivity index (χ0v) is 22.2. The van der Waals surface area contributed by atoms with Crippen LogP contribution in [0.25, 0.3) is 5.65 Å². The van der Waals surface area contributed by atoms with Crippen molar-refractivity contribution in [2.45, 2.75) is 65.3 Å². The highest BCUT2D eigenvalue weighted by Gasteiger charge is 2.23. The van der Waals surface area contributed by atoms with Gasteiger partial charge in [-0.05, 0) is 67.7 Å². The number of carbonyl (C=O) groups excluding carboxylic acids is 1. The number of unbranched alkanes of at least 4 members (excludes halogenated alkanes) is 1. The van der Waals surface area contributed by atoms with Crippen LogP contribution < -0.4 is 15.1 Å². The standard InChI is InChI=1S/C26H35N5O4.ClH/c1-17-11-23(35-16-18-7-8-18)28-31-24(17)29-30(25(31)27)15-22(33)19-12-20(26(2,3)4)14-21(13-19)34-10-6-5-9-32;/h11-14,18,27,32H,5-10,15-16H2,1-4H3;1H. The molecule has 1 saturated carbocycles. The largest absolute Gasteiger partial charge is 0.494 e. The van der Waals surface area contributed by atoms with E-state index in [4.69, 9.17) is 20.0 Å². The topological polar surface area (TPSA) is 115 Å². The molecule has 0 aliphatic heterocycles. The van der Waals surface area contributed by atoms with Crippen LogP contribution in [0.3, 0.4) is 0 Å². The lowest BCUT2D eigenvalue weighted by atomic mass is 9.85. The van der Waals surface area contributed by atoms with Crippen molar-refractivity contribution in [3.8, 4) is 11.6 Å². The predicted molar refractivity (Wildman–Crippen MR) is 138 cm³/mol. The molecule has 9 nitrogen and oxygen atoms in total. The van der Waals surface area contributed by atoms with Gasteiger partial charge in [0.05, 0.1) is 13.2 Å². The highest BCUT2D eigenvalue weighted by Crippen LogP contribution is 2.30. The molecule has 2 N–H and O–H groups in total. The number of halogens is 1. The fraction of sp³-hybridized carbons (Fsp3) is 0.538. The number of aryl methyl sites for hydroxylation is 1. The number of nitrogens with zero attached hydrogens (tertiary/aromatic N) is 4. The zero-order chi connectivity index (χ0) is 25.2. The van der Waals surface area contributed by atoms with Gasteiger partial charge in [0, 0.05) is 23.8 Å². The Balaban J connectivity index is 0.00000361. The molecular weight excluding hydrogens is 482 g/mol. The number of carbonyl (C=O) groups is 1. The van der Waals surface area contributed by atoms with Gasteiger partial charge in [-0.1, -0.05) is 20.8 Å². The lowest BCUT2D eigenvalue weighted by molar-refractivity contribution is 0.0965. The summed E-state index contributed by atoms with van der Waals surface area (Å²) in [7, 11) is 0. The summed E-state index contributed by atoms with van der Waals surface area (Å²) >= 11 is 0. The van der Waals surface area contributed by atoms with Crippen LogP contribution >= 0.6 is 12.4 Å². The molecule has 1 aliphatic rings. The van der Waals surface area contributed by atoms with Crippen LogP contribution in [-0.2, 0) is 12.0 Å². The van der Waals surface area contributed by atoms with E-state index in [0.717, 1.165) is 17.5 Å². The molecule has 1 aliphatic carbocycles. The number of hydrogen-bond acceptors (Lipinski definition) is 7. The van der Waals surface area contributed by atoms with Crippen molar-refractivity contribution in [1.82, 2.24) is 19.4 Å². The van der Waals surface area contributed by atoms with Gasteiger partial charge in [0.1, 0.15) is 12.3 Å². The van der Waals surface area contributed by atoms with Gasteiger partial charge in [-0.2, -0.15) is 4.52 Å². The minimum Gasteiger partial charge on any atom is -0.494 e. The van der Waals surface area contributed by atoms with E-state index in [-0.39, 0.29) is 42.4 Å². The molecule has 36 heavy (non-hydrogen) atoms. The van der Waals surface area contributed by atoms with Gasteiger partial charge in [-0.25, -0.2) is 4.68 Å². The maximum Gasteiger partial charge on any atom is 0.242 e. The third-order valence-electron chi connectivity index (χ3n) is 6.13. The Morgan fingerprint density at radius 2 is 1.89 bits per heavy atom. The molecule has 0 atom stereocenters. The van der Waals surface area contributed by atoms with Crippen LogP contribution in [0.2, 0.25) is 0 Å². The molecule has 0 bridgehead atoms. The minimum atomic E-state index is -0.172. The summed E-state index contributed by atoms with van der Waals surface area (Å²) in [6, 6.07) is 7.41. The Bertz CT molecular complexity index is 1270. The van der Waals surface area contributed by atoms with E-state index in [0.29, 0.717) is 48.4 Å². The van der Waals surface area contributed by atoms with Crippen LogP contribution in [0, 0.1) is 18.3 Å². The highest BCUT2D eigenvalue weighted by atomic mass is 35.5. The summed E-state index contributed by atoms with van der Waals surface area (Å²) in [4.78, 5) is 13.3. The summed E-state index contributed by atoms with van der Waals surface area (Å²) in [6.07, 6.45) is 3.77. The summed E-state index contributed by atoms with van der Waals surface area (Å²) in [5, 5.41) is 26.5. The number of ketones is 1. The Morgan fingerprint density at radius 3 is 2.56 bits per heavy atom. The minimum absolute atomic E-state index is 0. The van der Waals surface area contributed by atoms with Gasteiger partial charge in [0.2, 0.25) is 11.5 Å². The van der Waals surface area contributed by atoms with Gasteiger partial charge in [-0.3, -0.25) is 10.2 Å². The molecule has 2 heterocycles. The Kier molecular flexibility index (Phi) is 8.79. The maximum absolute atomic E-state index is 13.3. The third kappa shape index (κ3) is 6.64. The summed E-state index contributed by atoms with van der Waals surface area (Å²) < 4.78 is 14.5. The monoisotopic (exact) mass is 517 g/mol. The number of benzene rings is 1. The quantitative estimate of drug-likeness (QED) is 0.295. The zero-order valence-electron chi connectivity index (χ0n) is 21.4. The molecule has 10 heteroatoms. The van der Waals surface area contributed by atoms with Crippen molar-refractivity contribution in [3.63, 3.8) is 0 Å². The number of nitrogens with one attached hydrogen (secondary N) is 1. The van der Waals surface area contributed by atoms with E-state index in [2.05, 4.69) is 31.0 Å². The molecular formula is C26H36ClN5O4. The van der Waals surface area contributed by atoms with E-state index in [1.165, 1.54) is 22.0 Å². The van der Waals surface area contributed by atoms with Crippen LogP contribution in [0.5, 0.6) is 11.6 Å². The smallest absolute Gasteiger partial charge is 0.242 e. The second kappa shape index (κ2) is 11.4. The van der Waals surface area contributed by atoms with E-state index >= 15 is 0 Å². The summed E-state index contributed by atoms with van der Waals surface area (Å²) in [6.45, 7) is 9.29. The Labute approximate surface area is 217 Å². The molecule has 4 rings (SSSR count). The fourth-order valence-corrected chi connectivity index (χ4v) is 3.71. The van der Waals surface area contributed by atoms with Crippen molar-refractivity contribution < 1.29 is 19.4 Å². The average Bonchev–Trinajstić information content (AvgIpc) is 3.59. The van der Waals surface area contributed by atoms with Crippen molar-refractivity contribution in [1.29, 1.82) is 5.41 Å². The molecule has 0 spiro atoms. The Hall–Kier alpha value is -2.91. The molecule has 3 aromatic rings. The number of Topliss-reactive ketones (excluding diaryl/α,β-unsaturated/α-hetero) is 1. The van der Waals surface area contributed by atoms with Crippen molar-refractivity contribution in [2.75, 3.05) is 19.8 Å². The maximum atomic E-state index is 13.3. The third-order valence-corrected chi connectivity index (χ3v) is 6.13. The highest BCUT2D eigenvalue weighted by molar-refractivity contribution is 5.96. The van der Waals surface area contributed by atoms with Crippen LogP contribution in [-0.4, -0.2) is 50.1 Å².